The third kappa shape index (κ3) is 3.38. The number of hydrogen-bond donors (Lipinski definition) is 0. The number of nitrogens with zero attached hydrogens (tertiary/aromatic N) is 1. The van der Waals surface area contributed by atoms with Crippen LogP contribution in [-0.4, -0.2) is 17.6 Å². The Balaban J connectivity index is 2.74. The molecule has 86 valence electrons. The van der Waals surface area contributed by atoms with Crippen molar-refractivity contribution in [3.05, 3.63) is 46.4 Å². The molecule has 0 saturated carbocycles. The number of methoxy groups -OCH3 is 1. The van der Waals surface area contributed by atoms with Crippen LogP contribution >= 0.6 is 0 Å². The topological polar surface area (TPSA) is 48.3 Å². The minimum absolute atomic E-state index is 0.0242. The molecule has 0 aliphatic carbocycles. The molecule has 0 spiro atoms. The number of aromatic nitrogens is 1. The molecule has 0 amide bonds. The summed E-state index contributed by atoms with van der Waals surface area (Å²) in [5.41, 5.74) is 0.616. The van der Waals surface area contributed by atoms with E-state index >= 15 is 0 Å². The van der Waals surface area contributed by atoms with Gasteiger partial charge in [0.15, 0.2) is 5.43 Å². The van der Waals surface area contributed by atoms with E-state index in [4.69, 9.17) is 0 Å². The van der Waals surface area contributed by atoms with E-state index in [-0.39, 0.29) is 11.4 Å². The fourth-order valence-corrected chi connectivity index (χ4v) is 1.28. The van der Waals surface area contributed by atoms with Crippen LogP contribution in [-0.2, 0) is 16.1 Å². The zero-order chi connectivity index (χ0) is 12.0. The predicted octanol–water partition coefficient (Wildman–Crippen LogP) is 1.36. The molecule has 0 bridgehead atoms. The Morgan fingerprint density at radius 1 is 1.44 bits per heavy atom. The molecular weight excluding hydrogens is 206 g/mol. The van der Waals surface area contributed by atoms with Crippen molar-refractivity contribution in [3.63, 3.8) is 0 Å². The Kier molecular flexibility index (Phi) is 4.51. The predicted molar refractivity (Wildman–Crippen MR) is 61.1 cm³/mol. The number of carbonyl (C=O) groups excluding carboxylic acids is 1. The summed E-state index contributed by atoms with van der Waals surface area (Å²) >= 11 is 0. The number of allylic oxidation sites excluding steroid dienone is 1. The Labute approximate surface area is 94.2 Å². The van der Waals surface area contributed by atoms with Gasteiger partial charge in [-0.2, -0.15) is 0 Å². The third-order valence-corrected chi connectivity index (χ3v) is 2.24. The highest BCUT2D eigenvalue weighted by Gasteiger charge is 2.05. The first-order chi connectivity index (χ1) is 7.67. The molecule has 1 rings (SSSR count). The highest BCUT2D eigenvalue weighted by atomic mass is 16.5. The van der Waals surface area contributed by atoms with E-state index in [9.17, 15) is 9.59 Å². The highest BCUT2D eigenvalue weighted by molar-refractivity contribution is 5.88. The van der Waals surface area contributed by atoms with E-state index in [1.807, 2.05) is 11.5 Å². The average Bonchev–Trinajstić information content (AvgIpc) is 2.31. The van der Waals surface area contributed by atoms with Gasteiger partial charge in [-0.25, -0.2) is 4.79 Å². The lowest BCUT2D eigenvalue weighted by atomic mass is 10.2. The summed E-state index contributed by atoms with van der Waals surface area (Å²) in [6.45, 7) is 2.45. The monoisotopic (exact) mass is 221 g/mol. The van der Waals surface area contributed by atoms with Crippen LogP contribution in [0.4, 0.5) is 0 Å². The molecule has 4 heteroatoms. The van der Waals surface area contributed by atoms with Crippen molar-refractivity contribution in [1.82, 2.24) is 4.57 Å². The molecule has 0 fully saturated rings. The SMILES string of the molecule is CCC(=CCn1ccc(=O)cc1)C(=O)OC. The second-order valence-electron chi connectivity index (χ2n) is 3.31. The minimum Gasteiger partial charge on any atom is -0.466 e. The maximum atomic E-state index is 11.3. The van der Waals surface area contributed by atoms with E-state index in [0.29, 0.717) is 18.5 Å². The summed E-state index contributed by atoms with van der Waals surface area (Å²) in [4.78, 5) is 22.1. The molecule has 0 saturated heterocycles. The van der Waals surface area contributed by atoms with Crippen LogP contribution in [0.25, 0.3) is 0 Å². The van der Waals surface area contributed by atoms with Gasteiger partial charge in [0.05, 0.1) is 7.11 Å². The van der Waals surface area contributed by atoms with Crippen LogP contribution in [0.15, 0.2) is 41.0 Å². The van der Waals surface area contributed by atoms with Crippen LogP contribution in [0.2, 0.25) is 0 Å². The van der Waals surface area contributed by atoms with Crippen LogP contribution in [0.3, 0.4) is 0 Å². The van der Waals surface area contributed by atoms with E-state index in [0.717, 1.165) is 0 Å². The van der Waals surface area contributed by atoms with Gasteiger partial charge in [0.2, 0.25) is 0 Å². The zero-order valence-corrected chi connectivity index (χ0v) is 9.47. The molecule has 0 radical (unpaired) electrons. The lowest BCUT2D eigenvalue weighted by molar-refractivity contribution is -0.136. The first-order valence-corrected chi connectivity index (χ1v) is 5.10. The van der Waals surface area contributed by atoms with Gasteiger partial charge in [-0.05, 0) is 6.42 Å². The van der Waals surface area contributed by atoms with Gasteiger partial charge < -0.3 is 9.30 Å². The number of carbonyl (C=O) groups is 1. The van der Waals surface area contributed by atoms with E-state index in [1.54, 1.807) is 18.5 Å². The first kappa shape index (κ1) is 12.2. The van der Waals surface area contributed by atoms with Crippen LogP contribution in [0, 0.1) is 0 Å². The zero-order valence-electron chi connectivity index (χ0n) is 9.47. The number of hydrogen-bond acceptors (Lipinski definition) is 3. The standard InChI is InChI=1S/C12H15NO3/c1-3-10(12(15)16-2)4-7-13-8-5-11(14)6-9-13/h4-6,8-9H,3,7H2,1-2H3. The van der Waals surface area contributed by atoms with Crippen molar-refractivity contribution >= 4 is 5.97 Å². The van der Waals surface area contributed by atoms with Crippen LogP contribution in [0.1, 0.15) is 13.3 Å². The average molecular weight is 221 g/mol. The van der Waals surface area contributed by atoms with Gasteiger partial charge >= 0.3 is 5.97 Å². The number of esters is 1. The number of ether oxygens (including phenoxy) is 1. The highest BCUT2D eigenvalue weighted by Crippen LogP contribution is 2.03. The van der Waals surface area contributed by atoms with Crippen molar-refractivity contribution in [2.75, 3.05) is 7.11 Å². The number of pyridine rings is 1. The van der Waals surface area contributed by atoms with Crippen molar-refractivity contribution in [2.24, 2.45) is 0 Å². The Morgan fingerprint density at radius 2 is 2.06 bits per heavy atom. The minimum atomic E-state index is -0.302. The second kappa shape index (κ2) is 5.90. The summed E-state index contributed by atoms with van der Waals surface area (Å²) in [6, 6.07) is 2.97. The molecule has 0 N–H and O–H groups in total. The fraction of sp³-hybridized carbons (Fsp3) is 0.333. The van der Waals surface area contributed by atoms with Gasteiger partial charge in [-0.1, -0.05) is 13.0 Å². The third-order valence-electron chi connectivity index (χ3n) is 2.24. The first-order valence-electron chi connectivity index (χ1n) is 5.10. The maximum Gasteiger partial charge on any atom is 0.333 e. The van der Waals surface area contributed by atoms with Gasteiger partial charge in [0.1, 0.15) is 0 Å². The van der Waals surface area contributed by atoms with E-state index < -0.39 is 0 Å². The summed E-state index contributed by atoms with van der Waals surface area (Å²) in [6.07, 6.45) is 5.80. The molecule has 1 aromatic rings. The van der Waals surface area contributed by atoms with Gasteiger partial charge in [-0.3, -0.25) is 4.79 Å². The van der Waals surface area contributed by atoms with Crippen molar-refractivity contribution in [3.8, 4) is 0 Å². The Hall–Kier alpha value is -1.84. The van der Waals surface area contributed by atoms with Crippen molar-refractivity contribution < 1.29 is 9.53 Å². The van der Waals surface area contributed by atoms with Crippen LogP contribution < -0.4 is 5.43 Å². The quantitative estimate of drug-likeness (QED) is 0.569. The smallest absolute Gasteiger partial charge is 0.333 e. The normalized spacial score (nSPS) is 11.2. The fourth-order valence-electron chi connectivity index (χ4n) is 1.28. The van der Waals surface area contributed by atoms with Crippen molar-refractivity contribution in [1.29, 1.82) is 0 Å². The molecule has 0 atom stereocenters. The molecule has 1 heterocycles. The van der Waals surface area contributed by atoms with Gasteiger partial charge in [0, 0.05) is 36.6 Å². The molecule has 1 aromatic heterocycles. The lowest BCUT2D eigenvalue weighted by Gasteiger charge is -2.04. The summed E-state index contributed by atoms with van der Waals surface area (Å²) in [5, 5.41) is 0. The Bertz CT molecular complexity index is 425. The molecular formula is C12H15NO3. The summed E-state index contributed by atoms with van der Waals surface area (Å²) in [5.74, 6) is -0.302. The molecule has 16 heavy (non-hydrogen) atoms. The molecule has 0 aromatic carbocycles. The Morgan fingerprint density at radius 3 is 2.56 bits per heavy atom. The molecule has 0 aliphatic rings. The lowest BCUT2D eigenvalue weighted by Crippen LogP contribution is -2.07. The van der Waals surface area contributed by atoms with Gasteiger partial charge in [-0.15, -0.1) is 0 Å². The van der Waals surface area contributed by atoms with Gasteiger partial charge in [0.25, 0.3) is 0 Å². The summed E-state index contributed by atoms with van der Waals surface area (Å²) in [7, 11) is 1.37. The summed E-state index contributed by atoms with van der Waals surface area (Å²) < 4.78 is 6.46. The molecule has 4 nitrogen and oxygen atoms in total. The molecule has 0 aliphatic heterocycles. The largest absolute Gasteiger partial charge is 0.466 e. The number of rotatable bonds is 4. The van der Waals surface area contributed by atoms with Crippen LogP contribution in [0.5, 0.6) is 0 Å². The van der Waals surface area contributed by atoms with E-state index in [2.05, 4.69) is 4.74 Å². The van der Waals surface area contributed by atoms with Crippen molar-refractivity contribution in [2.45, 2.75) is 19.9 Å². The molecule has 0 unspecified atom stereocenters. The maximum absolute atomic E-state index is 11.3. The second-order valence-corrected chi connectivity index (χ2v) is 3.31. The van der Waals surface area contributed by atoms with E-state index in [1.165, 1.54) is 19.2 Å².